The van der Waals surface area contributed by atoms with Gasteiger partial charge in [0.2, 0.25) is 0 Å². The van der Waals surface area contributed by atoms with Crippen molar-refractivity contribution >= 4 is 15.9 Å². The largest absolute Gasteiger partial charge is 0.468 e. The number of benzene rings is 1. The average Bonchev–Trinajstić information content (AvgIpc) is 2.84. The maximum atomic E-state index is 13.3. The predicted molar refractivity (Wildman–Crippen MR) is 68.1 cm³/mol. The lowest BCUT2D eigenvalue weighted by Crippen LogP contribution is -2.17. The molecule has 0 radical (unpaired) electrons. The molecule has 2 nitrogen and oxygen atoms in total. The second kappa shape index (κ2) is 5.47. The van der Waals surface area contributed by atoms with E-state index < -0.39 is 0 Å². The molecular formula is C13H13BrFNO. The Kier molecular flexibility index (Phi) is 3.97. The highest BCUT2D eigenvalue weighted by atomic mass is 79.9. The van der Waals surface area contributed by atoms with Crippen molar-refractivity contribution in [2.45, 2.75) is 19.5 Å². The van der Waals surface area contributed by atoms with Gasteiger partial charge in [-0.2, -0.15) is 0 Å². The summed E-state index contributed by atoms with van der Waals surface area (Å²) in [6, 6.07) is 8.99. The van der Waals surface area contributed by atoms with E-state index in [-0.39, 0.29) is 11.9 Å². The standard InChI is InChI=1S/C13H13BrFNO/c1-9(13-3-2-6-17-13)16-8-10-4-5-11(14)12(15)7-10/h2-7,9,16H,8H2,1H3. The zero-order valence-electron chi connectivity index (χ0n) is 9.41. The lowest BCUT2D eigenvalue weighted by molar-refractivity contribution is 0.430. The SMILES string of the molecule is CC(NCc1ccc(Br)c(F)c1)c1ccco1. The Balaban J connectivity index is 1.96. The molecule has 1 aromatic carbocycles. The molecule has 2 aromatic rings. The fraction of sp³-hybridized carbons (Fsp3) is 0.231. The average molecular weight is 298 g/mol. The van der Waals surface area contributed by atoms with Gasteiger partial charge >= 0.3 is 0 Å². The molecule has 0 amide bonds. The van der Waals surface area contributed by atoms with Crippen LogP contribution in [0.4, 0.5) is 4.39 Å². The van der Waals surface area contributed by atoms with Crippen LogP contribution < -0.4 is 5.32 Å². The summed E-state index contributed by atoms with van der Waals surface area (Å²) in [6.07, 6.45) is 1.65. The smallest absolute Gasteiger partial charge is 0.137 e. The van der Waals surface area contributed by atoms with Crippen LogP contribution in [0.5, 0.6) is 0 Å². The van der Waals surface area contributed by atoms with Crippen LogP contribution in [0.25, 0.3) is 0 Å². The van der Waals surface area contributed by atoms with Gasteiger partial charge in [0.05, 0.1) is 16.8 Å². The third-order valence-electron chi connectivity index (χ3n) is 2.57. The zero-order chi connectivity index (χ0) is 12.3. The highest BCUT2D eigenvalue weighted by molar-refractivity contribution is 9.10. The molecule has 1 atom stereocenters. The summed E-state index contributed by atoms with van der Waals surface area (Å²) in [5.74, 6) is 0.637. The van der Waals surface area contributed by atoms with Crippen molar-refractivity contribution in [1.82, 2.24) is 5.32 Å². The van der Waals surface area contributed by atoms with Gasteiger partial charge in [0, 0.05) is 6.54 Å². The van der Waals surface area contributed by atoms with E-state index in [9.17, 15) is 4.39 Å². The first-order valence-corrected chi connectivity index (χ1v) is 6.17. The molecule has 2 rings (SSSR count). The molecule has 0 aliphatic rings. The first kappa shape index (κ1) is 12.3. The van der Waals surface area contributed by atoms with Crippen LogP contribution in [0, 0.1) is 5.82 Å². The number of halogens is 2. The summed E-state index contributed by atoms with van der Waals surface area (Å²) in [5, 5.41) is 3.27. The second-order valence-electron chi connectivity index (χ2n) is 3.87. The van der Waals surface area contributed by atoms with Crippen LogP contribution in [-0.4, -0.2) is 0 Å². The van der Waals surface area contributed by atoms with E-state index in [4.69, 9.17) is 4.42 Å². The number of nitrogens with one attached hydrogen (secondary N) is 1. The summed E-state index contributed by atoms with van der Waals surface area (Å²) < 4.78 is 19.1. The summed E-state index contributed by atoms with van der Waals surface area (Å²) in [5.41, 5.74) is 0.907. The third kappa shape index (κ3) is 3.17. The van der Waals surface area contributed by atoms with E-state index in [2.05, 4.69) is 21.2 Å². The van der Waals surface area contributed by atoms with Gasteiger partial charge in [0.15, 0.2) is 0 Å². The van der Waals surface area contributed by atoms with Gasteiger partial charge in [0.25, 0.3) is 0 Å². The lowest BCUT2D eigenvalue weighted by Gasteiger charge is -2.11. The molecule has 0 aliphatic carbocycles. The molecule has 0 spiro atoms. The van der Waals surface area contributed by atoms with Gasteiger partial charge in [-0.3, -0.25) is 0 Å². The Labute approximate surface area is 108 Å². The van der Waals surface area contributed by atoms with Crippen molar-refractivity contribution in [1.29, 1.82) is 0 Å². The number of furan rings is 1. The van der Waals surface area contributed by atoms with Gasteiger partial charge < -0.3 is 9.73 Å². The van der Waals surface area contributed by atoms with E-state index >= 15 is 0 Å². The minimum atomic E-state index is -0.241. The zero-order valence-corrected chi connectivity index (χ0v) is 11.0. The Hall–Kier alpha value is -1.13. The quantitative estimate of drug-likeness (QED) is 0.922. The summed E-state index contributed by atoms with van der Waals surface area (Å²) in [7, 11) is 0. The minimum absolute atomic E-state index is 0.108. The van der Waals surface area contributed by atoms with Crippen molar-refractivity contribution in [2.75, 3.05) is 0 Å². The molecule has 1 unspecified atom stereocenters. The molecular weight excluding hydrogens is 285 g/mol. The van der Waals surface area contributed by atoms with Crippen molar-refractivity contribution in [3.8, 4) is 0 Å². The molecule has 0 saturated heterocycles. The van der Waals surface area contributed by atoms with Crippen molar-refractivity contribution < 1.29 is 8.81 Å². The normalized spacial score (nSPS) is 12.6. The molecule has 0 saturated carbocycles. The van der Waals surface area contributed by atoms with E-state index in [1.54, 1.807) is 12.3 Å². The fourth-order valence-electron chi connectivity index (χ4n) is 1.56. The maximum Gasteiger partial charge on any atom is 0.137 e. The van der Waals surface area contributed by atoms with Gasteiger partial charge in [0.1, 0.15) is 11.6 Å². The summed E-state index contributed by atoms with van der Waals surface area (Å²) in [6.45, 7) is 2.61. The van der Waals surface area contributed by atoms with Gasteiger partial charge in [-0.25, -0.2) is 4.39 Å². The van der Waals surface area contributed by atoms with Gasteiger partial charge in [-0.1, -0.05) is 6.07 Å². The molecule has 0 fully saturated rings. The molecule has 1 N–H and O–H groups in total. The third-order valence-corrected chi connectivity index (χ3v) is 3.21. The highest BCUT2D eigenvalue weighted by Gasteiger charge is 2.07. The topological polar surface area (TPSA) is 25.2 Å². The van der Waals surface area contributed by atoms with Crippen LogP contribution in [0.1, 0.15) is 24.3 Å². The molecule has 90 valence electrons. The summed E-state index contributed by atoms with van der Waals surface area (Å²) >= 11 is 3.13. The Morgan fingerprint density at radius 2 is 2.24 bits per heavy atom. The van der Waals surface area contributed by atoms with Crippen LogP contribution in [0.2, 0.25) is 0 Å². The number of hydrogen-bond acceptors (Lipinski definition) is 2. The first-order chi connectivity index (χ1) is 8.16. The number of hydrogen-bond donors (Lipinski definition) is 1. The molecule has 4 heteroatoms. The van der Waals surface area contributed by atoms with Crippen LogP contribution in [0.3, 0.4) is 0 Å². The van der Waals surface area contributed by atoms with E-state index in [0.29, 0.717) is 11.0 Å². The molecule has 1 heterocycles. The Morgan fingerprint density at radius 3 is 2.88 bits per heavy atom. The minimum Gasteiger partial charge on any atom is -0.468 e. The van der Waals surface area contributed by atoms with E-state index in [1.807, 2.05) is 25.1 Å². The molecule has 1 aromatic heterocycles. The maximum absolute atomic E-state index is 13.3. The molecule has 0 aliphatic heterocycles. The summed E-state index contributed by atoms with van der Waals surface area (Å²) in [4.78, 5) is 0. The van der Waals surface area contributed by atoms with Crippen molar-refractivity contribution in [2.24, 2.45) is 0 Å². The number of rotatable bonds is 4. The second-order valence-corrected chi connectivity index (χ2v) is 4.72. The van der Waals surface area contributed by atoms with Crippen molar-refractivity contribution in [3.63, 3.8) is 0 Å². The van der Waals surface area contributed by atoms with Crippen molar-refractivity contribution in [3.05, 3.63) is 58.2 Å². The first-order valence-electron chi connectivity index (χ1n) is 5.37. The predicted octanol–water partition coefficient (Wildman–Crippen LogP) is 4.03. The van der Waals surface area contributed by atoms with Gasteiger partial charge in [-0.15, -0.1) is 0 Å². The molecule has 0 bridgehead atoms. The van der Waals surface area contributed by atoms with E-state index in [0.717, 1.165) is 11.3 Å². The van der Waals surface area contributed by atoms with Gasteiger partial charge in [-0.05, 0) is 52.7 Å². The Bertz CT molecular complexity index is 484. The van der Waals surface area contributed by atoms with Crippen LogP contribution >= 0.6 is 15.9 Å². The Morgan fingerprint density at radius 1 is 1.41 bits per heavy atom. The lowest BCUT2D eigenvalue weighted by atomic mass is 10.2. The fourth-order valence-corrected chi connectivity index (χ4v) is 1.81. The van der Waals surface area contributed by atoms with Crippen LogP contribution in [0.15, 0.2) is 45.5 Å². The highest BCUT2D eigenvalue weighted by Crippen LogP contribution is 2.17. The van der Waals surface area contributed by atoms with Crippen LogP contribution in [-0.2, 0) is 6.54 Å². The van der Waals surface area contributed by atoms with E-state index in [1.165, 1.54) is 6.07 Å². The molecule has 17 heavy (non-hydrogen) atoms. The monoisotopic (exact) mass is 297 g/mol.